The van der Waals surface area contributed by atoms with E-state index in [0.29, 0.717) is 11.3 Å². The first kappa shape index (κ1) is 10.9. The van der Waals surface area contributed by atoms with Gasteiger partial charge in [-0.05, 0) is 11.6 Å². The molecule has 7 heteroatoms. The summed E-state index contributed by atoms with van der Waals surface area (Å²) in [6.45, 7) is -0.187. The first-order valence-corrected chi connectivity index (χ1v) is 4.01. The number of pyridine rings is 1. The molecule has 1 heterocycles. The summed E-state index contributed by atoms with van der Waals surface area (Å²) in [5.74, 6) is -0.975. The van der Waals surface area contributed by atoms with Crippen LogP contribution in [-0.4, -0.2) is 21.1 Å². The van der Waals surface area contributed by atoms with Gasteiger partial charge in [0.15, 0.2) is 0 Å². The van der Waals surface area contributed by atoms with Gasteiger partial charge in [0.1, 0.15) is 6.61 Å². The minimum Gasteiger partial charge on any atom is -0.481 e. The van der Waals surface area contributed by atoms with E-state index in [2.05, 4.69) is 9.82 Å². The topological polar surface area (TPSA) is 103 Å². The van der Waals surface area contributed by atoms with E-state index in [9.17, 15) is 14.9 Å². The highest BCUT2D eigenvalue weighted by atomic mass is 16.9. The molecule has 0 aromatic carbocycles. The van der Waals surface area contributed by atoms with Crippen LogP contribution < -0.4 is 0 Å². The van der Waals surface area contributed by atoms with Crippen LogP contribution in [0.3, 0.4) is 0 Å². The molecule has 0 saturated carbocycles. The van der Waals surface area contributed by atoms with E-state index < -0.39 is 11.1 Å². The lowest BCUT2D eigenvalue weighted by Gasteiger charge is -2.00. The third-order valence-electron chi connectivity index (χ3n) is 1.55. The largest absolute Gasteiger partial charge is 0.481 e. The summed E-state index contributed by atoms with van der Waals surface area (Å²) in [6, 6.07) is 3.03. The van der Waals surface area contributed by atoms with Crippen molar-refractivity contribution >= 4 is 5.97 Å². The summed E-state index contributed by atoms with van der Waals surface area (Å²) in [5.41, 5.74) is 0.910. The highest BCUT2D eigenvalue weighted by Crippen LogP contribution is 2.02. The van der Waals surface area contributed by atoms with Crippen molar-refractivity contribution in [2.45, 2.75) is 13.0 Å². The summed E-state index contributed by atoms with van der Waals surface area (Å²) < 4.78 is 0. The van der Waals surface area contributed by atoms with Gasteiger partial charge in [-0.2, -0.15) is 0 Å². The van der Waals surface area contributed by atoms with Gasteiger partial charge in [-0.25, -0.2) is 0 Å². The van der Waals surface area contributed by atoms with Gasteiger partial charge in [0.05, 0.1) is 12.1 Å². The van der Waals surface area contributed by atoms with E-state index in [1.807, 2.05) is 0 Å². The summed E-state index contributed by atoms with van der Waals surface area (Å²) >= 11 is 0. The Hall–Kier alpha value is -2.18. The highest BCUT2D eigenvalue weighted by Gasteiger charge is 2.02. The molecule has 0 atom stereocenters. The van der Waals surface area contributed by atoms with Gasteiger partial charge in [0.2, 0.25) is 0 Å². The number of aliphatic carboxylic acids is 1. The smallest absolute Gasteiger partial charge is 0.309 e. The number of nitrogens with zero attached hydrogens (tertiary/aromatic N) is 2. The van der Waals surface area contributed by atoms with E-state index in [-0.39, 0.29) is 13.0 Å². The third-order valence-corrected chi connectivity index (χ3v) is 1.55. The highest BCUT2D eigenvalue weighted by molar-refractivity contribution is 5.69. The fourth-order valence-electron chi connectivity index (χ4n) is 0.927. The molecule has 0 aliphatic heterocycles. The zero-order valence-electron chi connectivity index (χ0n) is 7.62. The summed E-state index contributed by atoms with van der Waals surface area (Å²) in [6.07, 6.45) is 1.18. The Labute approximate surface area is 84.4 Å². The molecule has 1 aromatic heterocycles. The minimum atomic E-state index is -0.975. The van der Waals surface area contributed by atoms with Crippen molar-refractivity contribution in [3.63, 3.8) is 0 Å². The van der Waals surface area contributed by atoms with Crippen molar-refractivity contribution in [2.75, 3.05) is 0 Å². The first-order valence-electron chi connectivity index (χ1n) is 4.01. The predicted octanol–water partition coefficient (Wildman–Crippen LogP) is 0.417. The van der Waals surface area contributed by atoms with Gasteiger partial charge in [0, 0.05) is 6.20 Å². The Kier molecular flexibility index (Phi) is 3.55. The molecule has 0 radical (unpaired) electrons. The molecule has 1 N–H and O–H groups in total. The van der Waals surface area contributed by atoms with Gasteiger partial charge in [-0.3, -0.25) is 9.78 Å². The second-order valence-electron chi connectivity index (χ2n) is 2.73. The average Bonchev–Trinajstić information content (AvgIpc) is 2.16. The standard InChI is InChI=1S/C8H8N2O5/c11-8(12)3-7-2-1-6(4-9-7)5-15-10(13)14/h1-2,4H,3,5H2,(H,11,12). The fraction of sp³-hybridized carbons (Fsp3) is 0.250. The zero-order valence-corrected chi connectivity index (χ0v) is 7.62. The van der Waals surface area contributed by atoms with E-state index >= 15 is 0 Å². The second kappa shape index (κ2) is 4.89. The van der Waals surface area contributed by atoms with Crippen LogP contribution in [0.2, 0.25) is 0 Å². The fourth-order valence-corrected chi connectivity index (χ4v) is 0.927. The van der Waals surface area contributed by atoms with Crippen LogP contribution >= 0.6 is 0 Å². The van der Waals surface area contributed by atoms with Gasteiger partial charge < -0.3 is 9.94 Å². The molecular formula is C8H8N2O5. The number of hydrogen-bond acceptors (Lipinski definition) is 5. The molecule has 0 aliphatic rings. The minimum absolute atomic E-state index is 0.170. The van der Waals surface area contributed by atoms with Gasteiger partial charge in [0.25, 0.3) is 5.09 Å². The van der Waals surface area contributed by atoms with E-state index in [0.717, 1.165) is 0 Å². The van der Waals surface area contributed by atoms with Crippen LogP contribution in [0.5, 0.6) is 0 Å². The van der Waals surface area contributed by atoms with E-state index in [1.165, 1.54) is 18.3 Å². The molecule has 7 nitrogen and oxygen atoms in total. The maximum Gasteiger partial charge on any atom is 0.309 e. The Morgan fingerprint density at radius 3 is 2.80 bits per heavy atom. The van der Waals surface area contributed by atoms with E-state index in [1.54, 1.807) is 0 Å². The lowest BCUT2D eigenvalue weighted by molar-refractivity contribution is -0.763. The molecule has 0 fully saturated rings. The Bertz CT molecular complexity index is 362. The van der Waals surface area contributed by atoms with Crippen molar-refractivity contribution in [2.24, 2.45) is 0 Å². The average molecular weight is 212 g/mol. The first-order chi connectivity index (χ1) is 7.08. The molecule has 0 saturated heterocycles. The van der Waals surface area contributed by atoms with E-state index in [4.69, 9.17) is 5.11 Å². The number of carbonyl (C=O) groups is 1. The van der Waals surface area contributed by atoms with Crippen LogP contribution in [0.1, 0.15) is 11.3 Å². The summed E-state index contributed by atoms with van der Waals surface area (Å²) in [7, 11) is 0. The van der Waals surface area contributed by atoms with Crippen molar-refractivity contribution in [1.82, 2.24) is 4.98 Å². The monoisotopic (exact) mass is 212 g/mol. The predicted molar refractivity (Wildman–Crippen MR) is 47.4 cm³/mol. The van der Waals surface area contributed by atoms with Crippen molar-refractivity contribution in [1.29, 1.82) is 0 Å². The number of carboxylic acid groups (broad SMARTS) is 1. The maximum absolute atomic E-state index is 10.3. The Balaban J connectivity index is 2.56. The quantitative estimate of drug-likeness (QED) is 0.560. The molecule has 1 rings (SSSR count). The number of carboxylic acids is 1. The molecule has 0 unspecified atom stereocenters. The lowest BCUT2D eigenvalue weighted by Crippen LogP contribution is -2.04. The summed E-state index contributed by atoms with van der Waals surface area (Å²) in [4.78, 5) is 28.1. The van der Waals surface area contributed by atoms with Gasteiger partial charge in [-0.15, -0.1) is 10.1 Å². The van der Waals surface area contributed by atoms with Crippen LogP contribution in [0.4, 0.5) is 0 Å². The second-order valence-corrected chi connectivity index (χ2v) is 2.73. The molecule has 0 bridgehead atoms. The van der Waals surface area contributed by atoms with Crippen LogP contribution in [-0.2, 0) is 22.7 Å². The molecule has 0 amide bonds. The molecule has 1 aromatic rings. The third kappa shape index (κ3) is 4.03. The van der Waals surface area contributed by atoms with Crippen LogP contribution in [0, 0.1) is 10.1 Å². The van der Waals surface area contributed by atoms with Gasteiger partial charge in [-0.1, -0.05) is 6.07 Å². The van der Waals surface area contributed by atoms with Gasteiger partial charge >= 0.3 is 5.97 Å². The molecule has 0 aliphatic carbocycles. The lowest BCUT2D eigenvalue weighted by atomic mass is 10.2. The molecule has 15 heavy (non-hydrogen) atoms. The Morgan fingerprint density at radius 2 is 2.33 bits per heavy atom. The van der Waals surface area contributed by atoms with Crippen molar-refractivity contribution in [3.8, 4) is 0 Å². The SMILES string of the molecule is O=C(O)Cc1ccc(CO[N+](=O)[O-])cn1. The molecule has 0 spiro atoms. The maximum atomic E-state index is 10.3. The van der Waals surface area contributed by atoms with Crippen LogP contribution in [0.25, 0.3) is 0 Å². The number of aromatic nitrogens is 1. The van der Waals surface area contributed by atoms with Crippen LogP contribution in [0.15, 0.2) is 18.3 Å². The number of rotatable bonds is 5. The zero-order chi connectivity index (χ0) is 11.3. The summed E-state index contributed by atoms with van der Waals surface area (Å²) in [5, 5.41) is 17.4. The molecule has 80 valence electrons. The van der Waals surface area contributed by atoms with Crippen molar-refractivity contribution in [3.05, 3.63) is 39.7 Å². The Morgan fingerprint density at radius 1 is 1.60 bits per heavy atom. The normalized spacial score (nSPS) is 9.60. The number of hydrogen-bond donors (Lipinski definition) is 1. The molecular weight excluding hydrogens is 204 g/mol. The van der Waals surface area contributed by atoms with Crippen molar-refractivity contribution < 1.29 is 19.8 Å².